The maximum atomic E-state index is 14.2. The molecule has 2 heterocycles. The van der Waals surface area contributed by atoms with Gasteiger partial charge in [0, 0.05) is 13.1 Å². The zero-order chi connectivity index (χ0) is 29.3. The van der Waals surface area contributed by atoms with Gasteiger partial charge in [0.15, 0.2) is 11.5 Å². The molecule has 5 rings (SSSR count). The van der Waals surface area contributed by atoms with E-state index < -0.39 is 29.1 Å². The van der Waals surface area contributed by atoms with Crippen molar-refractivity contribution in [2.75, 3.05) is 28.1 Å². The van der Waals surface area contributed by atoms with Gasteiger partial charge in [-0.05, 0) is 54.1 Å². The lowest BCUT2D eigenvalue weighted by Gasteiger charge is -2.29. The number of ether oxygens (including phenoxy) is 5. The first-order valence-electron chi connectivity index (χ1n) is 12.2. The van der Waals surface area contributed by atoms with Crippen molar-refractivity contribution < 1.29 is 46.1 Å². The summed E-state index contributed by atoms with van der Waals surface area (Å²) in [5.41, 5.74) is 0.0541. The maximum Gasteiger partial charge on any atom is 0.453 e. The van der Waals surface area contributed by atoms with Crippen LogP contribution < -0.4 is 24.4 Å². The fourth-order valence-corrected chi connectivity index (χ4v) is 4.51. The van der Waals surface area contributed by atoms with Crippen molar-refractivity contribution in [3.8, 4) is 28.7 Å². The summed E-state index contributed by atoms with van der Waals surface area (Å²) >= 11 is 0. The second-order valence-corrected chi connectivity index (χ2v) is 9.07. The summed E-state index contributed by atoms with van der Waals surface area (Å²) in [6.45, 7) is 0.678. The molecule has 0 radical (unpaired) electrons. The van der Waals surface area contributed by atoms with E-state index in [-0.39, 0.29) is 35.6 Å². The number of fused-ring (bicyclic) bond motifs is 3. The van der Waals surface area contributed by atoms with Crippen LogP contribution in [0.1, 0.15) is 27.2 Å². The molecule has 214 valence electrons. The van der Waals surface area contributed by atoms with Crippen molar-refractivity contribution >= 4 is 16.9 Å². The highest BCUT2D eigenvalue weighted by Gasteiger charge is 2.41. The predicted molar refractivity (Wildman–Crippen MR) is 140 cm³/mol. The molecule has 0 amide bonds. The average molecular weight is 572 g/mol. The summed E-state index contributed by atoms with van der Waals surface area (Å²) in [6.07, 6.45) is -5.05. The van der Waals surface area contributed by atoms with E-state index in [4.69, 9.17) is 23.4 Å². The molecule has 0 saturated heterocycles. The predicted octanol–water partition coefficient (Wildman–Crippen LogP) is 5.76. The molecule has 0 saturated carbocycles. The number of hydrogen-bond donors (Lipinski definition) is 0. The van der Waals surface area contributed by atoms with Crippen molar-refractivity contribution in [3.63, 3.8) is 0 Å². The first-order valence-corrected chi connectivity index (χ1v) is 12.2. The minimum absolute atomic E-state index is 0.0998. The van der Waals surface area contributed by atoms with Crippen LogP contribution in [-0.2, 0) is 24.0 Å². The number of carbonyl (C=O) groups excluding carboxylic acids is 1. The summed E-state index contributed by atoms with van der Waals surface area (Å²) in [4.78, 5) is 26.9. The minimum atomic E-state index is -5.05. The number of hydrogen-bond acceptors (Lipinski definition) is 9. The second-order valence-electron chi connectivity index (χ2n) is 9.07. The molecule has 9 nitrogen and oxygen atoms in total. The van der Waals surface area contributed by atoms with Crippen LogP contribution in [0.4, 0.5) is 13.2 Å². The van der Waals surface area contributed by atoms with E-state index >= 15 is 0 Å². The molecule has 0 fully saturated rings. The molecule has 0 atom stereocenters. The lowest BCUT2D eigenvalue weighted by atomic mass is 10.1. The highest BCUT2D eigenvalue weighted by Crippen LogP contribution is 2.41. The summed E-state index contributed by atoms with van der Waals surface area (Å²) in [6, 6.07) is 13.4. The number of methoxy groups -OCH3 is 3. The number of nitrogens with zero attached hydrogens (tertiary/aromatic N) is 1. The van der Waals surface area contributed by atoms with Crippen LogP contribution in [0.15, 0.2) is 63.8 Å². The van der Waals surface area contributed by atoms with Gasteiger partial charge >= 0.3 is 12.1 Å². The van der Waals surface area contributed by atoms with Gasteiger partial charge in [-0.2, -0.15) is 13.2 Å². The molecule has 1 aliphatic rings. The Kier molecular flexibility index (Phi) is 7.50. The second kappa shape index (κ2) is 11.0. The number of halogens is 3. The molecule has 3 aromatic carbocycles. The van der Waals surface area contributed by atoms with Gasteiger partial charge in [0.2, 0.25) is 11.2 Å². The van der Waals surface area contributed by atoms with Crippen LogP contribution in [0.3, 0.4) is 0 Å². The molecular weight excluding hydrogens is 547 g/mol. The zero-order valence-electron chi connectivity index (χ0n) is 22.2. The van der Waals surface area contributed by atoms with E-state index in [2.05, 4.69) is 4.74 Å². The molecular formula is C29H24F3NO8. The highest BCUT2D eigenvalue weighted by molar-refractivity contribution is 5.89. The van der Waals surface area contributed by atoms with Crippen LogP contribution in [0.2, 0.25) is 0 Å². The molecule has 0 aliphatic carbocycles. The van der Waals surface area contributed by atoms with Crippen molar-refractivity contribution in [2.45, 2.75) is 19.3 Å². The average Bonchev–Trinajstić information content (AvgIpc) is 2.97. The Hall–Kier alpha value is -4.71. The monoisotopic (exact) mass is 571 g/mol. The van der Waals surface area contributed by atoms with Gasteiger partial charge in [0.1, 0.15) is 23.8 Å². The number of alkyl halides is 3. The van der Waals surface area contributed by atoms with Crippen molar-refractivity contribution in [1.29, 1.82) is 0 Å². The third kappa shape index (κ3) is 5.50. The van der Waals surface area contributed by atoms with Crippen LogP contribution in [0.5, 0.6) is 28.7 Å². The number of esters is 1. The number of benzene rings is 3. The molecule has 1 aliphatic heterocycles. The fourth-order valence-electron chi connectivity index (χ4n) is 4.51. The van der Waals surface area contributed by atoms with E-state index in [0.29, 0.717) is 29.4 Å². The van der Waals surface area contributed by atoms with Gasteiger partial charge < -0.3 is 28.1 Å². The van der Waals surface area contributed by atoms with Crippen molar-refractivity contribution in [2.24, 2.45) is 0 Å². The fraction of sp³-hybridized carbons (Fsp3) is 0.241. The summed E-state index contributed by atoms with van der Waals surface area (Å²) in [5.74, 6) is -1.94. The van der Waals surface area contributed by atoms with Crippen LogP contribution >= 0.6 is 0 Å². The van der Waals surface area contributed by atoms with Gasteiger partial charge in [-0.1, -0.05) is 6.07 Å². The molecule has 0 spiro atoms. The number of rotatable bonds is 7. The molecule has 0 bridgehead atoms. The van der Waals surface area contributed by atoms with Crippen molar-refractivity contribution in [1.82, 2.24) is 4.90 Å². The van der Waals surface area contributed by atoms with Gasteiger partial charge in [0.25, 0.3) is 5.76 Å². The largest absolute Gasteiger partial charge is 0.493 e. The first-order chi connectivity index (χ1) is 19.6. The summed E-state index contributed by atoms with van der Waals surface area (Å²) < 4.78 is 74.3. The molecule has 12 heteroatoms. The SMILES string of the molecule is COC(=O)c1ccc(Oc2c(C(F)(F)F)oc3c4c(ccc3c2=O)OCN(Cc2ccc(OC)c(OC)c2)C4)cc1. The van der Waals surface area contributed by atoms with Crippen LogP contribution in [0, 0.1) is 0 Å². The Morgan fingerprint density at radius 2 is 1.71 bits per heavy atom. The van der Waals surface area contributed by atoms with Crippen molar-refractivity contribution in [3.05, 3.63) is 87.3 Å². The lowest BCUT2D eigenvalue weighted by Crippen LogP contribution is -2.32. The standard InChI is InChI=1S/C29H24F3NO8/c1-36-22-10-4-16(12-23(22)37-2)13-33-14-20-21(39-15-33)11-9-19-24(34)26(27(29(30,31)32)41-25(19)20)40-18-7-5-17(6-8-18)28(35)38-3/h4-12H,13-15H2,1-3H3. The van der Waals surface area contributed by atoms with Gasteiger partial charge in [-0.25, -0.2) is 4.79 Å². The van der Waals surface area contributed by atoms with Crippen LogP contribution in [-0.4, -0.2) is 38.9 Å². The van der Waals surface area contributed by atoms with E-state index in [1.165, 1.54) is 57.7 Å². The third-order valence-corrected chi connectivity index (χ3v) is 6.47. The topological polar surface area (TPSA) is 96.7 Å². The molecule has 41 heavy (non-hydrogen) atoms. The van der Waals surface area contributed by atoms with Gasteiger partial charge in [0.05, 0.1) is 37.8 Å². The van der Waals surface area contributed by atoms with Gasteiger partial charge in [-0.3, -0.25) is 9.69 Å². The van der Waals surface area contributed by atoms with E-state index in [1.54, 1.807) is 12.1 Å². The van der Waals surface area contributed by atoms with E-state index in [9.17, 15) is 22.8 Å². The lowest BCUT2D eigenvalue weighted by molar-refractivity contribution is -0.154. The smallest absolute Gasteiger partial charge is 0.453 e. The van der Waals surface area contributed by atoms with E-state index in [1.807, 2.05) is 11.0 Å². The summed E-state index contributed by atoms with van der Waals surface area (Å²) in [5, 5.41) is -0.102. The Balaban J connectivity index is 1.51. The first kappa shape index (κ1) is 27.8. The highest BCUT2D eigenvalue weighted by atomic mass is 19.4. The number of carbonyl (C=O) groups is 1. The third-order valence-electron chi connectivity index (χ3n) is 6.47. The molecule has 1 aromatic heterocycles. The Morgan fingerprint density at radius 1 is 0.976 bits per heavy atom. The minimum Gasteiger partial charge on any atom is -0.493 e. The maximum absolute atomic E-state index is 14.2. The van der Waals surface area contributed by atoms with Gasteiger partial charge in [-0.15, -0.1) is 0 Å². The molecule has 0 unspecified atom stereocenters. The zero-order valence-corrected chi connectivity index (χ0v) is 22.2. The normalized spacial score (nSPS) is 13.3. The Bertz CT molecular complexity index is 1660. The summed E-state index contributed by atoms with van der Waals surface area (Å²) in [7, 11) is 4.24. The Morgan fingerprint density at radius 3 is 2.37 bits per heavy atom. The molecule has 0 N–H and O–H groups in total. The quantitative estimate of drug-likeness (QED) is 0.257. The van der Waals surface area contributed by atoms with E-state index in [0.717, 1.165) is 5.56 Å². The Labute approximate surface area is 231 Å². The van der Waals surface area contributed by atoms with Crippen LogP contribution in [0.25, 0.3) is 11.0 Å². The molecule has 4 aromatic rings.